The number of rotatable bonds is 6. The van der Waals surface area contributed by atoms with Crippen molar-refractivity contribution in [3.05, 3.63) is 17.7 Å². The van der Waals surface area contributed by atoms with E-state index in [1.165, 1.54) is 19.2 Å². The molecule has 0 amide bonds. The van der Waals surface area contributed by atoms with Crippen molar-refractivity contribution in [2.24, 2.45) is 0 Å². The SMILES string of the molecule is CCOC(=O)COc1cc(C(=O)O)c(N)cc1OC. The number of carboxylic acids is 1. The van der Waals surface area contributed by atoms with E-state index in [0.717, 1.165) is 0 Å². The fourth-order valence-corrected chi connectivity index (χ4v) is 1.37. The van der Waals surface area contributed by atoms with Crippen LogP contribution in [0.15, 0.2) is 12.1 Å². The number of hydrogen-bond acceptors (Lipinski definition) is 6. The Morgan fingerprint density at radius 2 is 2.00 bits per heavy atom. The lowest BCUT2D eigenvalue weighted by Crippen LogP contribution is -2.15. The summed E-state index contributed by atoms with van der Waals surface area (Å²) in [6.45, 7) is 1.57. The molecule has 0 aromatic heterocycles. The van der Waals surface area contributed by atoms with Crippen LogP contribution in [0.5, 0.6) is 11.5 Å². The minimum atomic E-state index is -1.19. The Morgan fingerprint density at radius 1 is 1.32 bits per heavy atom. The number of nitrogens with two attached hydrogens (primary N) is 1. The third-order valence-corrected chi connectivity index (χ3v) is 2.22. The molecule has 0 bridgehead atoms. The third-order valence-electron chi connectivity index (χ3n) is 2.22. The summed E-state index contributed by atoms with van der Waals surface area (Å²) in [5, 5.41) is 8.95. The molecule has 0 fully saturated rings. The van der Waals surface area contributed by atoms with Crippen LogP contribution >= 0.6 is 0 Å². The largest absolute Gasteiger partial charge is 0.493 e. The number of benzene rings is 1. The van der Waals surface area contributed by atoms with Crippen molar-refractivity contribution in [1.82, 2.24) is 0 Å². The molecule has 0 aliphatic carbocycles. The van der Waals surface area contributed by atoms with Crippen LogP contribution in [-0.4, -0.2) is 37.4 Å². The molecular weight excluding hydrogens is 254 g/mol. The molecule has 0 saturated heterocycles. The van der Waals surface area contributed by atoms with Crippen LogP contribution in [0.1, 0.15) is 17.3 Å². The summed E-state index contributed by atoms with van der Waals surface area (Å²) in [5.74, 6) is -1.40. The molecule has 0 unspecified atom stereocenters. The van der Waals surface area contributed by atoms with Crippen LogP contribution in [0.4, 0.5) is 5.69 Å². The van der Waals surface area contributed by atoms with Gasteiger partial charge in [0.25, 0.3) is 0 Å². The molecule has 0 atom stereocenters. The number of carboxylic acid groups (broad SMARTS) is 1. The lowest BCUT2D eigenvalue weighted by molar-refractivity contribution is -0.145. The lowest BCUT2D eigenvalue weighted by Gasteiger charge is -2.12. The number of methoxy groups -OCH3 is 1. The average molecular weight is 269 g/mol. The van der Waals surface area contributed by atoms with E-state index in [2.05, 4.69) is 0 Å². The van der Waals surface area contributed by atoms with Gasteiger partial charge in [0.05, 0.1) is 25.0 Å². The van der Waals surface area contributed by atoms with Crippen LogP contribution in [-0.2, 0) is 9.53 Å². The molecule has 7 heteroatoms. The number of aromatic carboxylic acids is 1. The number of carbonyl (C=O) groups excluding carboxylic acids is 1. The topological polar surface area (TPSA) is 108 Å². The summed E-state index contributed by atoms with van der Waals surface area (Å²) in [6, 6.07) is 2.53. The van der Waals surface area contributed by atoms with Gasteiger partial charge >= 0.3 is 11.9 Å². The minimum absolute atomic E-state index is 0.0489. The van der Waals surface area contributed by atoms with Gasteiger partial charge in [-0.15, -0.1) is 0 Å². The second-order valence-corrected chi connectivity index (χ2v) is 3.49. The maximum Gasteiger partial charge on any atom is 0.344 e. The first-order valence-corrected chi connectivity index (χ1v) is 5.48. The fraction of sp³-hybridized carbons (Fsp3) is 0.333. The van der Waals surface area contributed by atoms with Gasteiger partial charge in [0.2, 0.25) is 0 Å². The first-order chi connectivity index (χ1) is 8.99. The van der Waals surface area contributed by atoms with Crippen LogP contribution in [0.2, 0.25) is 0 Å². The molecular formula is C12H15NO6. The molecule has 0 aliphatic heterocycles. The van der Waals surface area contributed by atoms with Crippen molar-refractivity contribution < 1.29 is 28.9 Å². The van der Waals surface area contributed by atoms with Crippen molar-refractivity contribution in [3.8, 4) is 11.5 Å². The van der Waals surface area contributed by atoms with Gasteiger partial charge in [-0.1, -0.05) is 0 Å². The zero-order valence-corrected chi connectivity index (χ0v) is 10.6. The zero-order chi connectivity index (χ0) is 14.4. The van der Waals surface area contributed by atoms with Crippen LogP contribution in [0, 0.1) is 0 Å². The van der Waals surface area contributed by atoms with Gasteiger partial charge in [-0.3, -0.25) is 0 Å². The Labute approximate surface area is 109 Å². The molecule has 1 aromatic carbocycles. The Balaban J connectivity index is 2.94. The Bertz CT molecular complexity index is 485. The molecule has 0 radical (unpaired) electrons. The van der Waals surface area contributed by atoms with E-state index in [-0.39, 0.29) is 36.0 Å². The van der Waals surface area contributed by atoms with Gasteiger partial charge in [-0.2, -0.15) is 0 Å². The zero-order valence-electron chi connectivity index (χ0n) is 10.6. The van der Waals surface area contributed by atoms with E-state index in [1.807, 2.05) is 0 Å². The molecule has 104 valence electrons. The summed E-state index contributed by atoms with van der Waals surface area (Å²) < 4.78 is 14.9. The molecule has 0 saturated carbocycles. The van der Waals surface area contributed by atoms with E-state index < -0.39 is 11.9 Å². The van der Waals surface area contributed by atoms with Crippen molar-refractivity contribution in [3.63, 3.8) is 0 Å². The summed E-state index contributed by atoms with van der Waals surface area (Å²) in [7, 11) is 1.38. The van der Waals surface area contributed by atoms with Crippen molar-refractivity contribution in [2.45, 2.75) is 6.92 Å². The van der Waals surface area contributed by atoms with E-state index >= 15 is 0 Å². The smallest absolute Gasteiger partial charge is 0.344 e. The monoisotopic (exact) mass is 269 g/mol. The predicted octanol–water partition coefficient (Wildman–Crippen LogP) is 0.917. The van der Waals surface area contributed by atoms with Crippen LogP contribution in [0.25, 0.3) is 0 Å². The molecule has 3 N–H and O–H groups in total. The Morgan fingerprint density at radius 3 is 2.53 bits per heavy atom. The minimum Gasteiger partial charge on any atom is -0.493 e. The molecule has 0 spiro atoms. The number of nitrogen functional groups attached to an aromatic ring is 1. The highest BCUT2D eigenvalue weighted by atomic mass is 16.6. The van der Waals surface area contributed by atoms with Crippen molar-refractivity contribution in [2.75, 3.05) is 26.1 Å². The van der Waals surface area contributed by atoms with Crippen molar-refractivity contribution in [1.29, 1.82) is 0 Å². The van der Waals surface area contributed by atoms with E-state index in [9.17, 15) is 9.59 Å². The highest BCUT2D eigenvalue weighted by Crippen LogP contribution is 2.32. The molecule has 0 aliphatic rings. The van der Waals surface area contributed by atoms with Crippen LogP contribution in [0.3, 0.4) is 0 Å². The van der Waals surface area contributed by atoms with Crippen LogP contribution < -0.4 is 15.2 Å². The molecule has 19 heavy (non-hydrogen) atoms. The molecule has 1 rings (SSSR count). The fourth-order valence-electron chi connectivity index (χ4n) is 1.37. The Hall–Kier alpha value is -2.44. The highest BCUT2D eigenvalue weighted by molar-refractivity contribution is 5.94. The number of hydrogen-bond donors (Lipinski definition) is 2. The normalized spacial score (nSPS) is 9.79. The van der Waals surface area contributed by atoms with Gasteiger partial charge < -0.3 is 25.1 Å². The third kappa shape index (κ3) is 3.77. The van der Waals surface area contributed by atoms with Gasteiger partial charge in [-0.05, 0) is 6.92 Å². The molecule has 1 aromatic rings. The maximum absolute atomic E-state index is 11.2. The first-order valence-electron chi connectivity index (χ1n) is 5.48. The number of anilines is 1. The highest BCUT2D eigenvalue weighted by Gasteiger charge is 2.15. The average Bonchev–Trinajstić information content (AvgIpc) is 2.36. The van der Waals surface area contributed by atoms with E-state index in [0.29, 0.717) is 0 Å². The van der Waals surface area contributed by atoms with E-state index in [1.54, 1.807) is 6.92 Å². The number of carbonyl (C=O) groups is 2. The summed E-state index contributed by atoms with van der Waals surface area (Å²) in [6.07, 6.45) is 0. The van der Waals surface area contributed by atoms with Gasteiger partial charge in [-0.25, -0.2) is 9.59 Å². The second-order valence-electron chi connectivity index (χ2n) is 3.49. The second kappa shape index (κ2) is 6.48. The number of ether oxygens (including phenoxy) is 3. The van der Waals surface area contributed by atoms with E-state index in [4.69, 9.17) is 25.1 Å². The first kappa shape index (κ1) is 14.6. The predicted molar refractivity (Wildman–Crippen MR) is 66.5 cm³/mol. The summed E-state index contributed by atoms with van der Waals surface area (Å²) >= 11 is 0. The summed E-state index contributed by atoms with van der Waals surface area (Å²) in [5.41, 5.74) is 5.49. The lowest BCUT2D eigenvalue weighted by atomic mass is 10.1. The Kier molecular flexibility index (Phi) is 4.99. The number of esters is 1. The van der Waals surface area contributed by atoms with Gasteiger partial charge in [0.1, 0.15) is 0 Å². The standard InChI is InChI=1S/C12H15NO6/c1-3-18-11(14)6-19-10-4-7(12(15)16)8(13)5-9(10)17-2/h4-5H,3,6,13H2,1-2H3,(H,15,16). The quantitative estimate of drug-likeness (QED) is 0.583. The van der Waals surface area contributed by atoms with Gasteiger partial charge in [0, 0.05) is 12.1 Å². The molecule has 0 heterocycles. The summed E-state index contributed by atoms with van der Waals surface area (Å²) in [4.78, 5) is 22.1. The van der Waals surface area contributed by atoms with Gasteiger partial charge in [0.15, 0.2) is 18.1 Å². The molecule has 7 nitrogen and oxygen atoms in total. The maximum atomic E-state index is 11.2. The van der Waals surface area contributed by atoms with Crippen molar-refractivity contribution >= 4 is 17.6 Å².